The summed E-state index contributed by atoms with van der Waals surface area (Å²) in [5.74, 6) is 0.916. The fourth-order valence-electron chi connectivity index (χ4n) is 3.06. The van der Waals surface area contributed by atoms with E-state index in [0.29, 0.717) is 18.5 Å². The van der Waals surface area contributed by atoms with Crippen molar-refractivity contribution in [2.24, 2.45) is 5.92 Å². The average Bonchev–Trinajstić information content (AvgIpc) is 2.90. The SMILES string of the molecule is COCC1CCN(C(=O)CNC2CCCC2)CC1. The zero-order valence-corrected chi connectivity index (χ0v) is 11.5. The first-order valence-corrected chi connectivity index (χ1v) is 7.29. The first-order valence-electron chi connectivity index (χ1n) is 7.29. The maximum atomic E-state index is 12.1. The number of piperidine rings is 1. The Morgan fingerprint density at radius 3 is 2.50 bits per heavy atom. The molecular weight excluding hydrogens is 228 g/mol. The van der Waals surface area contributed by atoms with Crippen LogP contribution in [0.3, 0.4) is 0 Å². The van der Waals surface area contributed by atoms with Gasteiger partial charge in [-0.1, -0.05) is 12.8 Å². The second kappa shape index (κ2) is 7.10. The van der Waals surface area contributed by atoms with Gasteiger partial charge < -0.3 is 15.0 Å². The van der Waals surface area contributed by atoms with Gasteiger partial charge in [-0.3, -0.25) is 4.79 Å². The number of carbonyl (C=O) groups excluding carboxylic acids is 1. The van der Waals surface area contributed by atoms with E-state index in [-0.39, 0.29) is 5.91 Å². The van der Waals surface area contributed by atoms with Crippen LogP contribution < -0.4 is 5.32 Å². The third-order valence-corrected chi connectivity index (χ3v) is 4.27. The molecule has 1 heterocycles. The summed E-state index contributed by atoms with van der Waals surface area (Å²) in [6.07, 6.45) is 7.28. The van der Waals surface area contributed by atoms with Gasteiger partial charge in [-0.05, 0) is 31.6 Å². The van der Waals surface area contributed by atoms with Crippen molar-refractivity contribution < 1.29 is 9.53 Å². The van der Waals surface area contributed by atoms with Gasteiger partial charge in [-0.15, -0.1) is 0 Å². The maximum Gasteiger partial charge on any atom is 0.236 e. The van der Waals surface area contributed by atoms with Gasteiger partial charge in [0.25, 0.3) is 0 Å². The Balaban J connectivity index is 1.64. The number of likely N-dealkylation sites (tertiary alicyclic amines) is 1. The van der Waals surface area contributed by atoms with Crippen LogP contribution in [0.25, 0.3) is 0 Å². The Hall–Kier alpha value is -0.610. The van der Waals surface area contributed by atoms with E-state index < -0.39 is 0 Å². The quantitative estimate of drug-likeness (QED) is 0.806. The lowest BCUT2D eigenvalue weighted by molar-refractivity contribution is -0.132. The number of nitrogens with zero attached hydrogens (tertiary/aromatic N) is 1. The van der Waals surface area contributed by atoms with E-state index in [0.717, 1.165) is 32.5 Å². The fourth-order valence-corrected chi connectivity index (χ4v) is 3.06. The molecule has 1 aliphatic carbocycles. The van der Waals surface area contributed by atoms with Crippen molar-refractivity contribution in [1.82, 2.24) is 10.2 Å². The normalized spacial score (nSPS) is 22.6. The molecule has 4 heteroatoms. The van der Waals surface area contributed by atoms with E-state index in [2.05, 4.69) is 5.32 Å². The van der Waals surface area contributed by atoms with E-state index >= 15 is 0 Å². The lowest BCUT2D eigenvalue weighted by atomic mass is 9.98. The van der Waals surface area contributed by atoms with Crippen LogP contribution in [0.15, 0.2) is 0 Å². The van der Waals surface area contributed by atoms with Crippen LogP contribution >= 0.6 is 0 Å². The van der Waals surface area contributed by atoms with Gasteiger partial charge >= 0.3 is 0 Å². The van der Waals surface area contributed by atoms with Gasteiger partial charge in [-0.2, -0.15) is 0 Å². The lowest BCUT2D eigenvalue weighted by Crippen LogP contribution is -2.45. The second-order valence-electron chi connectivity index (χ2n) is 5.64. The zero-order chi connectivity index (χ0) is 12.8. The minimum atomic E-state index is 0.276. The van der Waals surface area contributed by atoms with E-state index in [4.69, 9.17) is 4.74 Å². The van der Waals surface area contributed by atoms with Crippen molar-refractivity contribution >= 4 is 5.91 Å². The Labute approximate surface area is 110 Å². The molecule has 18 heavy (non-hydrogen) atoms. The highest BCUT2D eigenvalue weighted by Gasteiger charge is 2.23. The molecule has 1 amide bonds. The summed E-state index contributed by atoms with van der Waals surface area (Å²) in [5.41, 5.74) is 0. The van der Waals surface area contributed by atoms with Crippen LogP contribution in [0.2, 0.25) is 0 Å². The van der Waals surface area contributed by atoms with Gasteiger partial charge in [0.2, 0.25) is 5.91 Å². The molecule has 1 N–H and O–H groups in total. The molecule has 2 aliphatic rings. The Morgan fingerprint density at radius 1 is 1.22 bits per heavy atom. The monoisotopic (exact) mass is 254 g/mol. The standard InChI is InChI=1S/C14H26N2O2/c1-18-11-12-6-8-16(9-7-12)14(17)10-15-13-4-2-3-5-13/h12-13,15H,2-11H2,1H3. The Bertz CT molecular complexity index is 257. The average molecular weight is 254 g/mol. The van der Waals surface area contributed by atoms with Crippen molar-refractivity contribution in [1.29, 1.82) is 0 Å². The van der Waals surface area contributed by atoms with E-state index in [1.165, 1.54) is 25.7 Å². The summed E-state index contributed by atoms with van der Waals surface area (Å²) in [5, 5.41) is 3.40. The molecule has 0 aromatic carbocycles. The second-order valence-corrected chi connectivity index (χ2v) is 5.64. The highest BCUT2D eigenvalue weighted by Crippen LogP contribution is 2.19. The number of hydrogen-bond acceptors (Lipinski definition) is 3. The Morgan fingerprint density at radius 2 is 1.89 bits per heavy atom. The van der Waals surface area contributed by atoms with Gasteiger partial charge in [0.1, 0.15) is 0 Å². The number of ether oxygens (including phenoxy) is 1. The molecule has 2 fully saturated rings. The summed E-state index contributed by atoms with van der Waals surface area (Å²) in [4.78, 5) is 14.1. The van der Waals surface area contributed by atoms with Gasteiger partial charge in [0, 0.05) is 32.8 Å². The number of nitrogens with one attached hydrogen (secondary N) is 1. The predicted octanol–water partition coefficient (Wildman–Crippen LogP) is 1.40. The van der Waals surface area contributed by atoms with Crippen LogP contribution in [0.1, 0.15) is 38.5 Å². The van der Waals surface area contributed by atoms with E-state index in [9.17, 15) is 4.79 Å². The predicted molar refractivity (Wildman–Crippen MR) is 71.4 cm³/mol. The molecule has 0 bridgehead atoms. The largest absolute Gasteiger partial charge is 0.384 e. The molecule has 4 nitrogen and oxygen atoms in total. The molecule has 1 aliphatic heterocycles. The first-order chi connectivity index (χ1) is 8.79. The number of amides is 1. The zero-order valence-electron chi connectivity index (χ0n) is 11.5. The molecule has 0 aromatic heterocycles. The minimum absolute atomic E-state index is 0.276. The van der Waals surface area contributed by atoms with Gasteiger partial charge in [-0.25, -0.2) is 0 Å². The molecule has 104 valence electrons. The topological polar surface area (TPSA) is 41.6 Å². The number of carbonyl (C=O) groups is 1. The summed E-state index contributed by atoms with van der Waals surface area (Å²) in [6, 6.07) is 0.583. The summed E-state index contributed by atoms with van der Waals surface area (Å²) in [6.45, 7) is 3.17. The molecule has 0 radical (unpaired) electrons. The molecule has 0 aromatic rings. The molecule has 0 spiro atoms. The Kier molecular flexibility index (Phi) is 5.45. The van der Waals surface area contributed by atoms with Crippen LogP contribution in [0.5, 0.6) is 0 Å². The van der Waals surface area contributed by atoms with Crippen LogP contribution in [-0.4, -0.2) is 50.2 Å². The molecular formula is C14H26N2O2. The molecule has 1 saturated carbocycles. The highest BCUT2D eigenvalue weighted by atomic mass is 16.5. The maximum absolute atomic E-state index is 12.1. The van der Waals surface area contributed by atoms with Crippen molar-refractivity contribution in [3.63, 3.8) is 0 Å². The molecule has 0 atom stereocenters. The first kappa shape index (κ1) is 13.8. The van der Waals surface area contributed by atoms with Crippen molar-refractivity contribution in [3.8, 4) is 0 Å². The van der Waals surface area contributed by atoms with E-state index in [1.54, 1.807) is 7.11 Å². The lowest BCUT2D eigenvalue weighted by Gasteiger charge is -2.32. The third-order valence-electron chi connectivity index (χ3n) is 4.27. The van der Waals surface area contributed by atoms with Crippen molar-refractivity contribution in [2.45, 2.75) is 44.6 Å². The fraction of sp³-hybridized carbons (Fsp3) is 0.929. The van der Waals surface area contributed by atoms with Crippen LogP contribution in [0.4, 0.5) is 0 Å². The highest BCUT2D eigenvalue weighted by molar-refractivity contribution is 5.78. The number of hydrogen-bond donors (Lipinski definition) is 1. The summed E-state index contributed by atoms with van der Waals surface area (Å²) in [7, 11) is 1.75. The smallest absolute Gasteiger partial charge is 0.236 e. The molecule has 2 rings (SSSR count). The molecule has 1 saturated heterocycles. The van der Waals surface area contributed by atoms with Gasteiger partial charge in [0.05, 0.1) is 6.54 Å². The number of rotatable bonds is 5. The van der Waals surface area contributed by atoms with Gasteiger partial charge in [0.15, 0.2) is 0 Å². The van der Waals surface area contributed by atoms with Crippen LogP contribution in [0, 0.1) is 5.92 Å². The summed E-state index contributed by atoms with van der Waals surface area (Å²) < 4.78 is 5.18. The van der Waals surface area contributed by atoms with Crippen LogP contribution in [-0.2, 0) is 9.53 Å². The third kappa shape index (κ3) is 3.95. The number of methoxy groups -OCH3 is 1. The minimum Gasteiger partial charge on any atom is -0.384 e. The molecule has 0 unspecified atom stereocenters. The van der Waals surface area contributed by atoms with Crippen molar-refractivity contribution in [2.75, 3.05) is 33.4 Å². The van der Waals surface area contributed by atoms with E-state index in [1.807, 2.05) is 4.90 Å². The van der Waals surface area contributed by atoms with Crippen molar-refractivity contribution in [3.05, 3.63) is 0 Å². The summed E-state index contributed by atoms with van der Waals surface area (Å²) >= 11 is 0.